The molecular weight excluding hydrogens is 412 g/mol. The fourth-order valence-corrected chi connectivity index (χ4v) is 3.06. The summed E-state index contributed by atoms with van der Waals surface area (Å²) in [4.78, 5) is 49.2. The molecule has 0 aromatic heterocycles. The molecule has 0 fully saturated rings. The lowest BCUT2D eigenvalue weighted by Gasteiger charge is -2.16. The second kappa shape index (κ2) is 12.2. The first kappa shape index (κ1) is 24.6. The fourth-order valence-electron chi connectivity index (χ4n) is 3.06. The molecule has 2 aromatic carbocycles. The molecule has 32 heavy (non-hydrogen) atoms. The summed E-state index contributed by atoms with van der Waals surface area (Å²) in [5, 5.41) is 5.08. The lowest BCUT2D eigenvalue weighted by molar-refractivity contribution is -0.134. The van der Waals surface area contributed by atoms with E-state index in [1.165, 1.54) is 27.2 Å². The van der Waals surface area contributed by atoms with Crippen molar-refractivity contribution in [3.8, 4) is 11.5 Å². The molecule has 0 aliphatic carbocycles. The van der Waals surface area contributed by atoms with Crippen molar-refractivity contribution in [2.24, 2.45) is 0 Å². The first-order valence-corrected chi connectivity index (χ1v) is 10.2. The van der Waals surface area contributed by atoms with Gasteiger partial charge in [0.2, 0.25) is 11.8 Å². The van der Waals surface area contributed by atoms with Crippen molar-refractivity contribution in [3.05, 3.63) is 59.7 Å². The van der Waals surface area contributed by atoms with E-state index < -0.39 is 23.6 Å². The molecule has 0 aliphatic heterocycles. The van der Waals surface area contributed by atoms with Crippen LogP contribution in [0.3, 0.4) is 0 Å². The van der Waals surface area contributed by atoms with Crippen molar-refractivity contribution in [2.45, 2.75) is 32.2 Å². The van der Waals surface area contributed by atoms with Gasteiger partial charge in [0.1, 0.15) is 11.5 Å². The van der Waals surface area contributed by atoms with E-state index in [2.05, 4.69) is 10.6 Å². The Bertz CT molecular complexity index is 958. The van der Waals surface area contributed by atoms with E-state index in [1.54, 1.807) is 12.1 Å². The number of carbonyl (C=O) groups excluding carboxylic acids is 4. The highest BCUT2D eigenvalue weighted by Gasteiger charge is 2.25. The highest BCUT2D eigenvalue weighted by atomic mass is 16.5. The first-order chi connectivity index (χ1) is 15.3. The number of amides is 2. The lowest BCUT2D eigenvalue weighted by Crippen LogP contribution is -2.51. The van der Waals surface area contributed by atoms with Crippen LogP contribution in [0.25, 0.3) is 0 Å². The minimum Gasteiger partial charge on any atom is -0.497 e. The predicted octanol–water partition coefficient (Wildman–Crippen LogP) is 2.10. The number of methoxy groups -OCH3 is 2. The molecule has 2 N–H and O–H groups in total. The van der Waals surface area contributed by atoms with Crippen LogP contribution < -0.4 is 20.1 Å². The molecule has 0 heterocycles. The Morgan fingerprint density at radius 2 is 1.66 bits per heavy atom. The maximum atomic E-state index is 12.6. The van der Waals surface area contributed by atoms with Crippen LogP contribution in [0.2, 0.25) is 0 Å². The van der Waals surface area contributed by atoms with Crippen LogP contribution in [-0.4, -0.2) is 50.2 Å². The summed E-state index contributed by atoms with van der Waals surface area (Å²) >= 11 is 0. The van der Waals surface area contributed by atoms with Gasteiger partial charge in [0, 0.05) is 19.4 Å². The standard InChI is InChI=1S/C24H28N2O6/c1-16(27)23(24(30)25-14-13-17-7-5-4-6-8-17)26-22(29)12-10-20(28)19-15-18(31-2)9-11-21(19)32-3/h4-9,11,15,23H,10,12-14H2,1-3H3,(H,25,30)(H,26,29)/t23-/m0/s1. The van der Waals surface area contributed by atoms with Crippen molar-refractivity contribution in [3.63, 3.8) is 0 Å². The molecule has 0 bridgehead atoms. The summed E-state index contributed by atoms with van der Waals surface area (Å²) < 4.78 is 10.3. The van der Waals surface area contributed by atoms with Gasteiger partial charge in [0.05, 0.1) is 19.8 Å². The SMILES string of the molecule is COc1ccc(OC)c(C(=O)CCC(=O)N[C@@H](C(C)=O)C(=O)NCCc2ccccc2)c1. The lowest BCUT2D eigenvalue weighted by atomic mass is 10.0. The Balaban J connectivity index is 1.89. The van der Waals surface area contributed by atoms with Gasteiger partial charge in [-0.15, -0.1) is 0 Å². The predicted molar refractivity (Wildman–Crippen MR) is 119 cm³/mol. The van der Waals surface area contributed by atoms with Gasteiger partial charge < -0.3 is 20.1 Å². The fraction of sp³-hybridized carbons (Fsp3) is 0.333. The van der Waals surface area contributed by atoms with Gasteiger partial charge in [-0.3, -0.25) is 19.2 Å². The van der Waals surface area contributed by atoms with Crippen molar-refractivity contribution in [1.82, 2.24) is 10.6 Å². The zero-order valence-electron chi connectivity index (χ0n) is 18.5. The Hall–Kier alpha value is -3.68. The number of rotatable bonds is 12. The third-order valence-corrected chi connectivity index (χ3v) is 4.82. The van der Waals surface area contributed by atoms with Crippen LogP contribution in [0, 0.1) is 0 Å². The van der Waals surface area contributed by atoms with Crippen molar-refractivity contribution >= 4 is 23.4 Å². The molecule has 2 amide bonds. The van der Waals surface area contributed by atoms with Gasteiger partial charge in [-0.2, -0.15) is 0 Å². The van der Waals surface area contributed by atoms with Gasteiger partial charge >= 0.3 is 0 Å². The molecule has 170 valence electrons. The van der Waals surface area contributed by atoms with Gasteiger partial charge in [0.25, 0.3) is 0 Å². The molecule has 2 rings (SSSR count). The van der Waals surface area contributed by atoms with Gasteiger partial charge in [-0.25, -0.2) is 0 Å². The van der Waals surface area contributed by atoms with Crippen LogP contribution in [-0.2, 0) is 20.8 Å². The molecule has 0 spiro atoms. The van der Waals surface area contributed by atoms with Gasteiger partial charge in [-0.05, 0) is 37.1 Å². The summed E-state index contributed by atoms with van der Waals surface area (Å²) in [6.45, 7) is 1.56. The molecule has 8 nitrogen and oxygen atoms in total. The average Bonchev–Trinajstić information content (AvgIpc) is 2.80. The minimum atomic E-state index is -1.31. The van der Waals surface area contributed by atoms with Gasteiger partial charge in [-0.1, -0.05) is 30.3 Å². The summed E-state index contributed by atoms with van der Waals surface area (Å²) in [5.74, 6) is -1.10. The Kier molecular flexibility index (Phi) is 9.41. The molecule has 0 aliphatic rings. The minimum absolute atomic E-state index is 0.115. The first-order valence-electron chi connectivity index (χ1n) is 10.2. The largest absolute Gasteiger partial charge is 0.497 e. The van der Waals surface area contributed by atoms with E-state index in [0.717, 1.165) is 5.56 Å². The van der Waals surface area contributed by atoms with Crippen molar-refractivity contribution < 1.29 is 28.7 Å². The highest BCUT2D eigenvalue weighted by molar-refractivity contribution is 6.07. The number of Topliss-reactive ketones (excluding diaryl/α,β-unsaturated/α-hetero) is 2. The molecule has 0 radical (unpaired) electrons. The van der Waals surface area contributed by atoms with E-state index in [4.69, 9.17) is 9.47 Å². The summed E-state index contributed by atoms with van der Waals surface area (Å²) in [6, 6.07) is 13.1. The molecule has 8 heteroatoms. The quantitative estimate of drug-likeness (QED) is 0.386. The Labute approximate surface area is 187 Å². The third kappa shape index (κ3) is 7.23. The number of benzene rings is 2. The van der Waals surface area contributed by atoms with Crippen LogP contribution >= 0.6 is 0 Å². The molecule has 1 atom stereocenters. The molecule has 0 unspecified atom stereocenters. The number of hydrogen-bond acceptors (Lipinski definition) is 6. The van der Waals surface area contributed by atoms with E-state index >= 15 is 0 Å². The topological polar surface area (TPSA) is 111 Å². The van der Waals surface area contributed by atoms with E-state index in [0.29, 0.717) is 30.0 Å². The number of ketones is 2. The third-order valence-electron chi connectivity index (χ3n) is 4.82. The summed E-state index contributed by atoms with van der Waals surface area (Å²) in [6.07, 6.45) is 0.303. The van der Waals surface area contributed by atoms with Crippen LogP contribution in [0.4, 0.5) is 0 Å². The normalized spacial score (nSPS) is 11.2. The van der Waals surface area contributed by atoms with Crippen molar-refractivity contribution in [1.29, 1.82) is 0 Å². The number of hydrogen-bond donors (Lipinski definition) is 2. The van der Waals surface area contributed by atoms with Crippen LogP contribution in [0.5, 0.6) is 11.5 Å². The van der Waals surface area contributed by atoms with E-state index in [1.807, 2.05) is 30.3 Å². The number of ether oxygens (including phenoxy) is 2. The molecule has 2 aromatic rings. The molecule has 0 saturated heterocycles. The maximum Gasteiger partial charge on any atom is 0.250 e. The van der Waals surface area contributed by atoms with E-state index in [9.17, 15) is 19.2 Å². The highest BCUT2D eigenvalue weighted by Crippen LogP contribution is 2.25. The number of carbonyl (C=O) groups is 4. The monoisotopic (exact) mass is 440 g/mol. The Morgan fingerprint density at radius 3 is 2.28 bits per heavy atom. The zero-order chi connectivity index (χ0) is 23.5. The smallest absolute Gasteiger partial charge is 0.250 e. The van der Waals surface area contributed by atoms with Gasteiger partial charge in [0.15, 0.2) is 17.6 Å². The second-order valence-electron chi connectivity index (χ2n) is 7.13. The van der Waals surface area contributed by atoms with Crippen molar-refractivity contribution in [2.75, 3.05) is 20.8 Å². The maximum absolute atomic E-state index is 12.6. The molecule has 0 saturated carbocycles. The van der Waals surface area contributed by atoms with Crippen LogP contribution in [0.15, 0.2) is 48.5 Å². The zero-order valence-corrected chi connectivity index (χ0v) is 18.5. The van der Waals surface area contributed by atoms with Crippen LogP contribution in [0.1, 0.15) is 35.7 Å². The molecular formula is C24H28N2O6. The average molecular weight is 440 g/mol. The van der Waals surface area contributed by atoms with E-state index in [-0.39, 0.29) is 18.6 Å². The number of nitrogens with one attached hydrogen (secondary N) is 2. The summed E-state index contributed by atoms with van der Waals surface area (Å²) in [5.41, 5.74) is 1.34. The Morgan fingerprint density at radius 1 is 0.938 bits per heavy atom. The summed E-state index contributed by atoms with van der Waals surface area (Å²) in [7, 11) is 2.93. The second-order valence-corrected chi connectivity index (χ2v) is 7.13.